The molecule has 3 rings (SSSR count). The normalized spacial score (nSPS) is 11.6. The Kier molecular flexibility index (Phi) is 3.82. The number of phenols is 1. The largest absolute Gasteiger partial charge is 0.508 e. The first-order valence-corrected chi connectivity index (χ1v) is 6.83. The first kappa shape index (κ1) is 15.1. The van der Waals surface area contributed by atoms with Crippen molar-refractivity contribution in [1.29, 1.82) is 0 Å². The molecular weight excluding hydrogens is 305 g/mol. The molecule has 2 aromatic carbocycles. The van der Waals surface area contributed by atoms with Crippen LogP contribution in [0.2, 0.25) is 0 Å². The number of alkyl halides is 3. The fraction of sp³-hybridized carbons (Fsp3) is 0.118. The lowest BCUT2D eigenvalue weighted by Crippen LogP contribution is -2.07. The molecule has 0 aliphatic heterocycles. The smallest absolute Gasteiger partial charge is 0.418 e. The quantitative estimate of drug-likeness (QED) is 0.754. The van der Waals surface area contributed by atoms with Gasteiger partial charge in [0.25, 0.3) is 0 Å². The molecule has 0 spiro atoms. The maximum absolute atomic E-state index is 13.0. The van der Waals surface area contributed by atoms with E-state index in [9.17, 15) is 18.3 Å². The number of nitrogens with zero attached hydrogens (tertiary/aromatic N) is 1. The monoisotopic (exact) mass is 317 g/mol. The number of para-hydroxylation sites is 1. The zero-order chi connectivity index (χ0) is 16.4. The molecule has 1 heterocycles. The van der Waals surface area contributed by atoms with Crippen molar-refractivity contribution in [2.24, 2.45) is 0 Å². The van der Waals surface area contributed by atoms with Gasteiger partial charge in [-0.2, -0.15) is 13.2 Å². The van der Waals surface area contributed by atoms with Crippen molar-refractivity contribution >= 4 is 16.6 Å². The number of hydrogen-bond acceptors (Lipinski definition) is 3. The fourth-order valence-corrected chi connectivity index (χ4v) is 2.36. The molecule has 3 aromatic rings. The molecule has 0 amide bonds. The summed E-state index contributed by atoms with van der Waals surface area (Å²) in [6, 6.07) is 13.4. The summed E-state index contributed by atoms with van der Waals surface area (Å²) >= 11 is 0. The number of halogens is 3. The number of nitrogens with one attached hydrogen (secondary N) is 1. The van der Waals surface area contributed by atoms with Crippen LogP contribution < -0.4 is 5.32 Å². The van der Waals surface area contributed by atoms with Crippen LogP contribution in [0.1, 0.15) is 11.1 Å². The van der Waals surface area contributed by atoms with E-state index in [4.69, 9.17) is 0 Å². The zero-order valence-corrected chi connectivity index (χ0v) is 11.9. The maximum Gasteiger partial charge on any atom is 0.418 e. The maximum atomic E-state index is 13.0. The molecule has 23 heavy (non-hydrogen) atoms. The second-order valence-corrected chi connectivity index (χ2v) is 5.00. The van der Waals surface area contributed by atoms with Gasteiger partial charge in [0.05, 0.1) is 16.8 Å². The highest BCUT2D eigenvalue weighted by molar-refractivity contribution is 5.93. The van der Waals surface area contributed by atoms with E-state index in [-0.39, 0.29) is 11.3 Å². The first-order chi connectivity index (χ1) is 10.9. The Balaban J connectivity index is 1.96. The van der Waals surface area contributed by atoms with Crippen LogP contribution in [0.4, 0.5) is 18.9 Å². The highest BCUT2D eigenvalue weighted by atomic mass is 19.4. The van der Waals surface area contributed by atoms with E-state index in [0.717, 1.165) is 11.6 Å². The number of pyridine rings is 1. The molecule has 3 nitrogen and oxygen atoms in total. The molecule has 117 valence electrons. The van der Waals surface area contributed by atoms with Gasteiger partial charge in [0, 0.05) is 24.2 Å². The van der Waals surface area contributed by atoms with Crippen molar-refractivity contribution in [2.45, 2.75) is 12.7 Å². The van der Waals surface area contributed by atoms with E-state index < -0.39 is 11.7 Å². The Labute approximate surface area is 130 Å². The van der Waals surface area contributed by atoms with E-state index >= 15 is 0 Å². The number of anilines is 1. The second-order valence-electron chi connectivity index (χ2n) is 5.00. The molecule has 0 fully saturated rings. The molecule has 0 bridgehead atoms. The van der Waals surface area contributed by atoms with Gasteiger partial charge in [-0.15, -0.1) is 0 Å². The number of aromatic hydroxyl groups is 1. The van der Waals surface area contributed by atoms with E-state index in [1.54, 1.807) is 30.3 Å². The molecule has 0 saturated carbocycles. The molecule has 1 aromatic heterocycles. The lowest BCUT2D eigenvalue weighted by molar-refractivity contribution is -0.136. The number of phenolic OH excluding ortho intramolecular Hbond substituents is 1. The number of hydrogen-bond donors (Lipinski definition) is 2. The average molecular weight is 317 g/mol. The highest BCUT2D eigenvalue weighted by Crippen LogP contribution is 2.35. The van der Waals surface area contributed by atoms with Crippen LogP contribution in [0.15, 0.2) is 48.7 Å². The van der Waals surface area contributed by atoms with Crippen LogP contribution in [0.3, 0.4) is 0 Å². The van der Waals surface area contributed by atoms with Gasteiger partial charge in [-0.3, -0.25) is 4.98 Å². The van der Waals surface area contributed by atoms with Crippen molar-refractivity contribution in [3.05, 3.63) is 65.9 Å². The summed E-state index contributed by atoms with van der Waals surface area (Å²) in [6.07, 6.45) is -3.24. The number of benzene rings is 2. The van der Waals surface area contributed by atoms with E-state index in [1.807, 2.05) is 0 Å². The summed E-state index contributed by atoms with van der Waals surface area (Å²) in [6.45, 7) is 0.347. The van der Waals surface area contributed by atoms with E-state index in [0.29, 0.717) is 17.6 Å². The van der Waals surface area contributed by atoms with Crippen LogP contribution in [-0.4, -0.2) is 10.1 Å². The predicted octanol–water partition coefficient (Wildman–Crippen LogP) is 4.37. The Bertz CT molecular complexity index is 847. The highest BCUT2D eigenvalue weighted by Gasteiger charge is 2.33. The second kappa shape index (κ2) is 5.79. The van der Waals surface area contributed by atoms with Crippen LogP contribution in [0, 0.1) is 6.07 Å². The fourth-order valence-electron chi connectivity index (χ4n) is 2.36. The minimum Gasteiger partial charge on any atom is -0.508 e. The molecule has 0 aliphatic rings. The van der Waals surface area contributed by atoms with Gasteiger partial charge in [-0.25, -0.2) is 0 Å². The molecule has 2 N–H and O–H groups in total. The van der Waals surface area contributed by atoms with Gasteiger partial charge in [-0.05, 0) is 23.8 Å². The van der Waals surface area contributed by atoms with Crippen LogP contribution in [0.5, 0.6) is 5.75 Å². The summed E-state index contributed by atoms with van der Waals surface area (Å²) in [4.78, 5) is 3.82. The predicted molar refractivity (Wildman–Crippen MR) is 81.0 cm³/mol. The number of fused-ring (bicyclic) bond motifs is 1. The molecule has 0 atom stereocenters. The van der Waals surface area contributed by atoms with Gasteiger partial charge in [0.2, 0.25) is 0 Å². The minimum atomic E-state index is -4.46. The standard InChI is InChI=1S/C17H12F3N2O/c18-17(19,20)14-6-2-5-13-15(7-8-21-16(13)14)22-10-11-3-1-4-12(23)9-11/h1-6,8-9,23H,10H2,(H,21,22). The topological polar surface area (TPSA) is 45.1 Å². The van der Waals surface area contributed by atoms with Crippen molar-refractivity contribution in [3.8, 4) is 5.75 Å². The van der Waals surface area contributed by atoms with Gasteiger partial charge in [0.15, 0.2) is 0 Å². The molecule has 0 aliphatic carbocycles. The van der Waals surface area contributed by atoms with Crippen molar-refractivity contribution in [3.63, 3.8) is 0 Å². The Hall–Kier alpha value is -2.76. The summed E-state index contributed by atoms with van der Waals surface area (Å²) in [5, 5.41) is 12.8. The van der Waals surface area contributed by atoms with Crippen LogP contribution in [0.25, 0.3) is 10.9 Å². The number of rotatable bonds is 3. The van der Waals surface area contributed by atoms with Crippen molar-refractivity contribution in [2.75, 3.05) is 5.32 Å². The molecule has 0 unspecified atom stereocenters. The summed E-state index contributed by atoms with van der Waals surface area (Å²) in [5.41, 5.74) is 0.348. The Morgan fingerprint density at radius 2 is 1.91 bits per heavy atom. The van der Waals surface area contributed by atoms with Gasteiger partial charge >= 0.3 is 6.18 Å². The number of aromatic nitrogens is 1. The first-order valence-electron chi connectivity index (χ1n) is 6.83. The van der Waals surface area contributed by atoms with Gasteiger partial charge in [-0.1, -0.05) is 24.3 Å². The van der Waals surface area contributed by atoms with Crippen LogP contribution >= 0.6 is 0 Å². The van der Waals surface area contributed by atoms with Gasteiger partial charge < -0.3 is 10.4 Å². The van der Waals surface area contributed by atoms with Crippen LogP contribution in [-0.2, 0) is 12.7 Å². The Morgan fingerprint density at radius 3 is 2.65 bits per heavy atom. The molecule has 1 radical (unpaired) electrons. The summed E-state index contributed by atoms with van der Waals surface area (Å²) in [5.74, 6) is 0.132. The Morgan fingerprint density at radius 1 is 1.13 bits per heavy atom. The van der Waals surface area contributed by atoms with E-state index in [1.165, 1.54) is 12.3 Å². The van der Waals surface area contributed by atoms with Crippen molar-refractivity contribution in [1.82, 2.24) is 4.98 Å². The average Bonchev–Trinajstić information content (AvgIpc) is 2.51. The third kappa shape index (κ3) is 3.21. The SMILES string of the molecule is Oc1cccc(CNc2[c]cnc3c(C(F)(F)F)cccc23)c1. The summed E-state index contributed by atoms with van der Waals surface area (Å²) in [7, 11) is 0. The zero-order valence-electron chi connectivity index (χ0n) is 11.9. The molecule has 0 saturated heterocycles. The lowest BCUT2D eigenvalue weighted by atomic mass is 10.1. The molecule has 6 heteroatoms. The molecular formula is C17H12F3N2O. The third-order valence-corrected chi connectivity index (χ3v) is 3.39. The van der Waals surface area contributed by atoms with Crippen molar-refractivity contribution < 1.29 is 18.3 Å². The third-order valence-electron chi connectivity index (χ3n) is 3.39. The van der Waals surface area contributed by atoms with Gasteiger partial charge in [0.1, 0.15) is 5.75 Å². The minimum absolute atomic E-state index is 0.114. The lowest BCUT2D eigenvalue weighted by Gasteiger charge is -2.13. The summed E-state index contributed by atoms with van der Waals surface area (Å²) < 4.78 is 39.1. The van der Waals surface area contributed by atoms with E-state index in [2.05, 4.69) is 16.4 Å².